The van der Waals surface area contributed by atoms with Gasteiger partial charge in [0.25, 0.3) is 0 Å². The SMILES string of the molecule is CCCC[SiH2]OC(=O)/N=N/C(=O)OCC. The molecule has 0 aliphatic heterocycles. The molecule has 0 aromatic rings. The Hall–Kier alpha value is -1.24. The number of rotatable bonds is 5. The maximum Gasteiger partial charge on any atom is 0.452 e. The Morgan fingerprint density at radius 1 is 1.20 bits per heavy atom. The van der Waals surface area contributed by atoms with Crippen LogP contribution < -0.4 is 0 Å². The molecule has 0 atom stereocenters. The molecular formula is C8H16N2O4Si. The summed E-state index contributed by atoms with van der Waals surface area (Å²) in [6.07, 6.45) is 0.458. The monoisotopic (exact) mass is 232 g/mol. The Morgan fingerprint density at radius 3 is 2.47 bits per heavy atom. The van der Waals surface area contributed by atoms with Crippen molar-refractivity contribution in [1.29, 1.82) is 0 Å². The van der Waals surface area contributed by atoms with Gasteiger partial charge in [-0.1, -0.05) is 30.0 Å². The van der Waals surface area contributed by atoms with Crippen molar-refractivity contribution in [2.24, 2.45) is 10.2 Å². The fraction of sp³-hybridized carbons (Fsp3) is 0.750. The third kappa shape index (κ3) is 9.07. The van der Waals surface area contributed by atoms with Crippen LogP contribution in [0.15, 0.2) is 10.2 Å². The first-order valence-electron chi connectivity index (χ1n) is 4.96. The average Bonchev–Trinajstić information content (AvgIpc) is 2.22. The first kappa shape index (κ1) is 13.8. The predicted molar refractivity (Wildman–Crippen MR) is 56.6 cm³/mol. The molecule has 2 amide bonds. The molecule has 0 aromatic heterocycles. The second kappa shape index (κ2) is 9.32. The summed E-state index contributed by atoms with van der Waals surface area (Å²) in [7, 11) is -0.859. The molecule has 0 fully saturated rings. The van der Waals surface area contributed by atoms with Crippen LogP contribution in [-0.4, -0.2) is 28.6 Å². The lowest BCUT2D eigenvalue weighted by Gasteiger charge is -1.98. The van der Waals surface area contributed by atoms with Crippen molar-refractivity contribution in [2.45, 2.75) is 32.7 Å². The highest BCUT2D eigenvalue weighted by molar-refractivity contribution is 6.30. The summed E-state index contributed by atoms with van der Waals surface area (Å²) in [5, 5.41) is 6.09. The number of ether oxygens (including phenoxy) is 1. The predicted octanol–water partition coefficient (Wildman–Crippen LogP) is 2.03. The zero-order valence-electron chi connectivity index (χ0n) is 9.06. The minimum atomic E-state index is -0.871. The number of azo groups is 1. The second-order valence-electron chi connectivity index (χ2n) is 2.72. The highest BCUT2D eigenvalue weighted by atomic mass is 28.2. The molecule has 0 rings (SSSR count). The van der Waals surface area contributed by atoms with Crippen LogP contribution >= 0.6 is 0 Å². The molecule has 0 aliphatic rings. The van der Waals surface area contributed by atoms with Gasteiger partial charge in [0.15, 0.2) is 0 Å². The third-order valence-electron chi connectivity index (χ3n) is 1.45. The summed E-state index contributed by atoms with van der Waals surface area (Å²) in [6.45, 7) is 3.91. The van der Waals surface area contributed by atoms with Gasteiger partial charge in [-0.05, 0) is 13.0 Å². The molecule has 0 aromatic carbocycles. The minimum Gasteiger partial charge on any atom is -0.507 e. The lowest BCUT2D eigenvalue weighted by molar-refractivity contribution is 0.160. The summed E-state index contributed by atoms with van der Waals surface area (Å²) in [6, 6.07) is 0.928. The topological polar surface area (TPSA) is 77.3 Å². The fourth-order valence-corrected chi connectivity index (χ4v) is 1.86. The molecular weight excluding hydrogens is 216 g/mol. The van der Waals surface area contributed by atoms with Crippen LogP contribution in [0.3, 0.4) is 0 Å². The highest BCUT2D eigenvalue weighted by Gasteiger charge is 2.02. The van der Waals surface area contributed by atoms with Crippen molar-refractivity contribution in [3.05, 3.63) is 0 Å². The van der Waals surface area contributed by atoms with Crippen molar-refractivity contribution in [3.63, 3.8) is 0 Å². The van der Waals surface area contributed by atoms with Crippen molar-refractivity contribution in [1.82, 2.24) is 0 Å². The molecule has 0 saturated heterocycles. The molecule has 0 spiro atoms. The zero-order valence-corrected chi connectivity index (χ0v) is 10.5. The quantitative estimate of drug-likeness (QED) is 0.413. The van der Waals surface area contributed by atoms with Crippen LogP contribution in [0.1, 0.15) is 26.7 Å². The zero-order chi connectivity index (χ0) is 11.5. The van der Waals surface area contributed by atoms with Crippen LogP contribution in [0.25, 0.3) is 0 Å². The summed E-state index contributed by atoms with van der Waals surface area (Å²) in [5.74, 6) is 0. The van der Waals surface area contributed by atoms with Gasteiger partial charge in [0, 0.05) is 0 Å². The second-order valence-corrected chi connectivity index (χ2v) is 4.12. The molecule has 86 valence electrons. The van der Waals surface area contributed by atoms with Crippen LogP contribution in [0.5, 0.6) is 0 Å². The molecule has 0 unspecified atom stereocenters. The molecule has 0 heterocycles. The standard InChI is InChI=1S/C8H16N2O4Si/c1-3-5-6-15-14-8(12)10-9-7(11)13-4-2/h3-6,15H2,1-2H3/b10-9+. The van der Waals surface area contributed by atoms with E-state index in [1.165, 1.54) is 0 Å². The molecule has 6 nitrogen and oxygen atoms in total. The molecule has 0 aliphatic carbocycles. The van der Waals surface area contributed by atoms with E-state index < -0.39 is 21.9 Å². The molecule has 0 radical (unpaired) electrons. The van der Waals surface area contributed by atoms with Crippen LogP contribution in [0.4, 0.5) is 9.59 Å². The number of carbonyl (C=O) groups is 2. The van der Waals surface area contributed by atoms with E-state index in [0.717, 1.165) is 18.9 Å². The average molecular weight is 232 g/mol. The van der Waals surface area contributed by atoms with Gasteiger partial charge in [-0.15, -0.1) is 0 Å². The van der Waals surface area contributed by atoms with Gasteiger partial charge in [-0.25, -0.2) is 9.59 Å². The van der Waals surface area contributed by atoms with Gasteiger partial charge in [0.1, 0.15) is 0 Å². The van der Waals surface area contributed by atoms with E-state index in [4.69, 9.17) is 4.43 Å². The van der Waals surface area contributed by atoms with E-state index in [1.54, 1.807) is 6.92 Å². The smallest absolute Gasteiger partial charge is 0.452 e. The van der Waals surface area contributed by atoms with Gasteiger partial charge in [0.05, 0.1) is 6.61 Å². The normalized spacial score (nSPS) is 11.1. The molecule has 0 saturated carbocycles. The van der Waals surface area contributed by atoms with Crippen molar-refractivity contribution < 1.29 is 18.8 Å². The largest absolute Gasteiger partial charge is 0.507 e. The van der Waals surface area contributed by atoms with Crippen LogP contribution in [0.2, 0.25) is 6.04 Å². The summed E-state index contributed by atoms with van der Waals surface area (Å²) < 4.78 is 9.24. The van der Waals surface area contributed by atoms with Gasteiger partial charge < -0.3 is 9.16 Å². The van der Waals surface area contributed by atoms with Gasteiger partial charge >= 0.3 is 12.2 Å². The number of unbranched alkanes of at least 4 members (excludes halogenated alkanes) is 1. The van der Waals surface area contributed by atoms with Crippen molar-refractivity contribution in [3.8, 4) is 0 Å². The summed E-state index contributed by atoms with van der Waals surface area (Å²) >= 11 is 0. The lowest BCUT2D eigenvalue weighted by atomic mass is 10.4. The number of nitrogens with zero attached hydrogens (tertiary/aromatic N) is 2. The summed E-state index contributed by atoms with van der Waals surface area (Å²) in [4.78, 5) is 21.5. The third-order valence-corrected chi connectivity index (χ3v) is 2.69. The number of amides is 2. The minimum absolute atomic E-state index is 0.206. The van der Waals surface area contributed by atoms with E-state index in [1.807, 2.05) is 0 Å². The first-order valence-corrected chi connectivity index (χ1v) is 6.53. The maximum absolute atomic E-state index is 10.9. The number of carbonyl (C=O) groups excluding carboxylic acids is 2. The van der Waals surface area contributed by atoms with Gasteiger partial charge in [-0.3, -0.25) is 0 Å². The Morgan fingerprint density at radius 2 is 1.87 bits per heavy atom. The van der Waals surface area contributed by atoms with Gasteiger partial charge in [0.2, 0.25) is 9.76 Å². The van der Waals surface area contributed by atoms with E-state index in [9.17, 15) is 9.59 Å². The van der Waals surface area contributed by atoms with Crippen molar-refractivity contribution in [2.75, 3.05) is 6.61 Å². The molecule has 0 N–H and O–H groups in total. The first-order chi connectivity index (χ1) is 7.20. The number of hydrogen-bond donors (Lipinski definition) is 0. The van der Waals surface area contributed by atoms with E-state index >= 15 is 0 Å². The van der Waals surface area contributed by atoms with Gasteiger partial charge in [-0.2, -0.15) is 0 Å². The van der Waals surface area contributed by atoms with Crippen LogP contribution in [-0.2, 0) is 9.16 Å². The molecule has 0 bridgehead atoms. The van der Waals surface area contributed by atoms with Crippen LogP contribution in [0, 0.1) is 0 Å². The Balaban J connectivity index is 3.59. The Labute approximate surface area is 91.0 Å². The van der Waals surface area contributed by atoms with Crippen molar-refractivity contribution >= 4 is 21.9 Å². The maximum atomic E-state index is 10.9. The molecule has 7 heteroatoms. The van der Waals surface area contributed by atoms with E-state index in [2.05, 4.69) is 21.9 Å². The number of hydrogen-bond acceptors (Lipinski definition) is 4. The van der Waals surface area contributed by atoms with E-state index in [0.29, 0.717) is 0 Å². The Bertz CT molecular complexity index is 233. The summed E-state index contributed by atoms with van der Waals surface area (Å²) in [5.41, 5.74) is 0. The molecule has 15 heavy (non-hydrogen) atoms. The fourth-order valence-electron chi connectivity index (χ4n) is 0.774. The Kier molecular flexibility index (Phi) is 8.55. The highest BCUT2D eigenvalue weighted by Crippen LogP contribution is 1.95. The lowest BCUT2D eigenvalue weighted by Crippen LogP contribution is -2.04. The van der Waals surface area contributed by atoms with E-state index in [-0.39, 0.29) is 6.61 Å².